The van der Waals surface area contributed by atoms with Crippen molar-refractivity contribution in [2.75, 3.05) is 20.8 Å². The summed E-state index contributed by atoms with van der Waals surface area (Å²) in [4.78, 5) is 10.8. The lowest BCUT2D eigenvalue weighted by atomic mass is 10.1. The molecule has 6 heteroatoms. The number of hydrogen-bond acceptors (Lipinski definition) is 4. The highest BCUT2D eigenvalue weighted by molar-refractivity contribution is 5.70. The summed E-state index contributed by atoms with van der Waals surface area (Å²) in [5.41, 5.74) is 6.09. The van der Waals surface area contributed by atoms with Gasteiger partial charge in [-0.2, -0.15) is 0 Å². The molecule has 0 aromatic heterocycles. The maximum absolute atomic E-state index is 10.8. The van der Waals surface area contributed by atoms with Crippen LogP contribution in [0.1, 0.15) is 17.9 Å². The fourth-order valence-corrected chi connectivity index (χ4v) is 2.25. The number of hydroxylamine groups is 2. The molecule has 1 fully saturated rings. The van der Waals surface area contributed by atoms with Crippen LogP contribution in [0.3, 0.4) is 0 Å². The van der Waals surface area contributed by atoms with Crippen molar-refractivity contribution in [2.45, 2.75) is 12.3 Å². The highest BCUT2D eigenvalue weighted by Crippen LogP contribution is 2.49. The second-order valence-corrected chi connectivity index (χ2v) is 4.64. The van der Waals surface area contributed by atoms with Crippen LogP contribution in [0.4, 0.5) is 4.79 Å². The van der Waals surface area contributed by atoms with Crippen molar-refractivity contribution in [3.63, 3.8) is 0 Å². The van der Waals surface area contributed by atoms with Gasteiger partial charge in [0.1, 0.15) is 0 Å². The van der Waals surface area contributed by atoms with Crippen molar-refractivity contribution in [3.05, 3.63) is 23.8 Å². The maximum atomic E-state index is 10.8. The monoisotopic (exact) mass is 266 g/mol. The van der Waals surface area contributed by atoms with Crippen LogP contribution >= 0.6 is 0 Å². The molecule has 2 unspecified atom stereocenters. The van der Waals surface area contributed by atoms with Gasteiger partial charge in [0.05, 0.1) is 20.8 Å². The number of nitrogens with two attached hydrogens (primary N) is 1. The second kappa shape index (κ2) is 5.36. The molecular weight excluding hydrogens is 248 g/mol. The number of hydrogen-bond donors (Lipinski definition) is 2. The zero-order valence-electron chi connectivity index (χ0n) is 11.0. The first-order valence-corrected chi connectivity index (χ1v) is 6.04. The predicted molar refractivity (Wildman–Crippen MR) is 68.5 cm³/mol. The number of methoxy groups -OCH3 is 2. The van der Waals surface area contributed by atoms with Gasteiger partial charge in [-0.3, -0.25) is 5.21 Å². The van der Waals surface area contributed by atoms with Crippen LogP contribution in [0.25, 0.3) is 0 Å². The SMILES string of the molecule is COc1ccc(C2CC2CN(O)C(N)=O)cc1OC. The molecule has 0 aliphatic heterocycles. The minimum atomic E-state index is -0.821. The molecule has 3 N–H and O–H groups in total. The standard InChI is InChI=1S/C13H18N2O4/c1-18-11-4-3-8(6-12(11)19-2)10-5-9(10)7-15(17)13(14)16/h3-4,6,9-10,17H,5,7H2,1-2H3,(H2,14,16). The molecule has 2 atom stereocenters. The Morgan fingerprint density at radius 1 is 1.42 bits per heavy atom. The predicted octanol–water partition coefficient (Wildman–Crippen LogP) is 1.58. The quantitative estimate of drug-likeness (QED) is 0.626. The molecule has 1 aromatic rings. The van der Waals surface area contributed by atoms with E-state index in [-0.39, 0.29) is 12.5 Å². The molecule has 0 radical (unpaired) electrons. The van der Waals surface area contributed by atoms with Crippen LogP contribution in [-0.2, 0) is 0 Å². The Bertz CT molecular complexity index is 478. The lowest BCUT2D eigenvalue weighted by Crippen LogP contribution is -2.34. The third kappa shape index (κ3) is 2.90. The van der Waals surface area contributed by atoms with Crippen LogP contribution in [0.2, 0.25) is 0 Å². The van der Waals surface area contributed by atoms with Gasteiger partial charge >= 0.3 is 6.03 Å². The van der Waals surface area contributed by atoms with Crippen molar-refractivity contribution in [3.8, 4) is 11.5 Å². The van der Waals surface area contributed by atoms with Gasteiger partial charge in [-0.25, -0.2) is 9.86 Å². The maximum Gasteiger partial charge on any atom is 0.338 e. The van der Waals surface area contributed by atoms with Gasteiger partial charge in [-0.1, -0.05) is 6.07 Å². The number of nitrogens with zero attached hydrogens (tertiary/aromatic N) is 1. The zero-order valence-corrected chi connectivity index (χ0v) is 11.0. The molecule has 1 aromatic carbocycles. The Hall–Kier alpha value is -1.95. The largest absolute Gasteiger partial charge is 0.493 e. The Labute approximate surface area is 111 Å². The highest BCUT2D eigenvalue weighted by Gasteiger charge is 2.40. The van der Waals surface area contributed by atoms with E-state index >= 15 is 0 Å². The lowest BCUT2D eigenvalue weighted by molar-refractivity contribution is -0.0431. The number of carbonyl (C=O) groups is 1. The van der Waals surface area contributed by atoms with Crippen LogP contribution < -0.4 is 15.2 Å². The van der Waals surface area contributed by atoms with E-state index in [0.29, 0.717) is 22.5 Å². The van der Waals surface area contributed by atoms with Crippen molar-refractivity contribution < 1.29 is 19.5 Å². The molecule has 0 spiro atoms. The number of ether oxygens (including phenoxy) is 2. The number of primary amides is 1. The van der Waals surface area contributed by atoms with E-state index in [4.69, 9.17) is 15.2 Å². The number of benzene rings is 1. The fraction of sp³-hybridized carbons (Fsp3) is 0.462. The van der Waals surface area contributed by atoms with Crippen molar-refractivity contribution in [1.82, 2.24) is 5.06 Å². The smallest absolute Gasteiger partial charge is 0.338 e. The molecule has 2 amide bonds. The fourth-order valence-electron chi connectivity index (χ4n) is 2.25. The van der Waals surface area contributed by atoms with Gasteiger partial charge in [0, 0.05) is 0 Å². The average Bonchev–Trinajstić information content (AvgIpc) is 3.16. The molecular formula is C13H18N2O4. The third-order valence-corrected chi connectivity index (χ3v) is 3.42. The molecule has 0 saturated heterocycles. The molecule has 1 aliphatic rings. The summed E-state index contributed by atoms with van der Waals surface area (Å²) in [6.45, 7) is 0.258. The van der Waals surface area contributed by atoms with Crippen molar-refractivity contribution in [2.24, 2.45) is 11.7 Å². The van der Waals surface area contributed by atoms with Crippen molar-refractivity contribution >= 4 is 6.03 Å². The van der Waals surface area contributed by atoms with E-state index in [2.05, 4.69) is 0 Å². The van der Waals surface area contributed by atoms with Gasteiger partial charge < -0.3 is 15.2 Å². The van der Waals surface area contributed by atoms with E-state index in [1.54, 1.807) is 14.2 Å². The molecule has 2 rings (SSSR count). The van der Waals surface area contributed by atoms with Gasteiger partial charge in [-0.05, 0) is 36.0 Å². The molecule has 1 aliphatic carbocycles. The number of amides is 2. The summed E-state index contributed by atoms with van der Waals surface area (Å²) in [6, 6.07) is 4.93. The Morgan fingerprint density at radius 2 is 2.11 bits per heavy atom. The molecule has 0 heterocycles. The normalized spacial score (nSPS) is 20.8. The first kappa shape index (κ1) is 13.5. The van der Waals surface area contributed by atoms with Crippen LogP contribution in [0, 0.1) is 5.92 Å². The summed E-state index contributed by atoms with van der Waals surface area (Å²) in [5, 5.41) is 9.86. The summed E-state index contributed by atoms with van der Waals surface area (Å²) in [6.07, 6.45) is 0.916. The summed E-state index contributed by atoms with van der Waals surface area (Å²) in [7, 11) is 3.18. The molecule has 104 valence electrons. The van der Waals surface area contributed by atoms with Crippen LogP contribution in [-0.4, -0.2) is 37.1 Å². The summed E-state index contributed by atoms with van der Waals surface area (Å²) < 4.78 is 10.4. The van der Waals surface area contributed by atoms with Crippen molar-refractivity contribution in [1.29, 1.82) is 0 Å². The first-order chi connectivity index (χ1) is 9.06. The first-order valence-electron chi connectivity index (χ1n) is 6.04. The van der Waals surface area contributed by atoms with E-state index < -0.39 is 6.03 Å². The number of rotatable bonds is 5. The molecule has 1 saturated carbocycles. The Kier molecular flexibility index (Phi) is 3.80. The van der Waals surface area contributed by atoms with Gasteiger partial charge in [0.15, 0.2) is 11.5 Å². The van der Waals surface area contributed by atoms with E-state index in [1.165, 1.54) is 0 Å². The second-order valence-electron chi connectivity index (χ2n) is 4.64. The lowest BCUT2D eigenvalue weighted by Gasteiger charge is -2.12. The summed E-state index contributed by atoms with van der Waals surface area (Å²) in [5.74, 6) is 1.91. The highest BCUT2D eigenvalue weighted by atomic mass is 16.5. The topological polar surface area (TPSA) is 85.0 Å². The van der Waals surface area contributed by atoms with Gasteiger partial charge in [0.2, 0.25) is 0 Å². The molecule has 19 heavy (non-hydrogen) atoms. The minimum absolute atomic E-state index is 0.232. The Balaban J connectivity index is 2.03. The number of urea groups is 1. The van der Waals surface area contributed by atoms with Gasteiger partial charge in [-0.15, -0.1) is 0 Å². The molecule has 6 nitrogen and oxygen atoms in total. The Morgan fingerprint density at radius 3 is 2.68 bits per heavy atom. The van der Waals surface area contributed by atoms with E-state index in [1.807, 2.05) is 18.2 Å². The zero-order chi connectivity index (χ0) is 14.0. The summed E-state index contributed by atoms with van der Waals surface area (Å²) >= 11 is 0. The average molecular weight is 266 g/mol. The minimum Gasteiger partial charge on any atom is -0.493 e. The number of carbonyl (C=O) groups excluding carboxylic acids is 1. The van der Waals surface area contributed by atoms with Crippen LogP contribution in [0.5, 0.6) is 11.5 Å². The van der Waals surface area contributed by atoms with Gasteiger partial charge in [0.25, 0.3) is 0 Å². The third-order valence-electron chi connectivity index (χ3n) is 3.42. The van der Waals surface area contributed by atoms with E-state index in [9.17, 15) is 10.0 Å². The van der Waals surface area contributed by atoms with E-state index in [0.717, 1.165) is 12.0 Å². The van der Waals surface area contributed by atoms with Crippen LogP contribution in [0.15, 0.2) is 18.2 Å². The molecule has 0 bridgehead atoms.